The van der Waals surface area contributed by atoms with Gasteiger partial charge in [-0.3, -0.25) is 9.78 Å². The van der Waals surface area contributed by atoms with Crippen LogP contribution in [0, 0.1) is 0 Å². The number of carbonyl (C=O) groups is 1. The van der Waals surface area contributed by atoms with Gasteiger partial charge in [0.25, 0.3) is 5.91 Å². The highest BCUT2D eigenvalue weighted by molar-refractivity contribution is 6.04. The summed E-state index contributed by atoms with van der Waals surface area (Å²) in [4.78, 5) is 16.4. The first-order valence-electron chi connectivity index (χ1n) is 8.54. The van der Waals surface area contributed by atoms with Crippen LogP contribution in [0.2, 0.25) is 0 Å². The lowest BCUT2D eigenvalue weighted by atomic mass is 10.1. The molecule has 0 saturated carbocycles. The molecule has 0 spiro atoms. The second-order valence-electron chi connectivity index (χ2n) is 5.95. The van der Waals surface area contributed by atoms with E-state index in [1.54, 1.807) is 36.7 Å². The Bertz CT molecular complexity index is 936. The van der Waals surface area contributed by atoms with Gasteiger partial charge < -0.3 is 25.3 Å². The molecule has 0 bridgehead atoms. The second kappa shape index (κ2) is 8.77. The minimum atomic E-state index is -0.259. The number of pyridine rings is 1. The molecule has 0 atom stereocenters. The van der Waals surface area contributed by atoms with E-state index in [9.17, 15) is 4.79 Å². The van der Waals surface area contributed by atoms with Crippen molar-refractivity contribution in [2.75, 3.05) is 25.3 Å². The number of methoxy groups -OCH3 is 2. The third-order valence-corrected chi connectivity index (χ3v) is 4.03. The van der Waals surface area contributed by atoms with Crippen molar-refractivity contribution in [2.45, 2.75) is 6.61 Å². The third kappa shape index (κ3) is 4.70. The summed E-state index contributed by atoms with van der Waals surface area (Å²) in [5.41, 5.74) is 8.34. The highest BCUT2D eigenvalue weighted by Gasteiger charge is 2.10. The lowest BCUT2D eigenvalue weighted by molar-refractivity contribution is 0.102. The number of benzene rings is 2. The maximum Gasteiger partial charge on any atom is 0.255 e. The molecule has 2 aromatic carbocycles. The molecular weight excluding hydrogens is 358 g/mol. The number of nitrogens with one attached hydrogen (secondary N) is 1. The van der Waals surface area contributed by atoms with Crippen molar-refractivity contribution in [3.63, 3.8) is 0 Å². The summed E-state index contributed by atoms with van der Waals surface area (Å²) in [5, 5.41) is 2.85. The quantitative estimate of drug-likeness (QED) is 0.652. The lowest BCUT2D eigenvalue weighted by Crippen LogP contribution is -2.12. The number of hydrogen-bond donors (Lipinski definition) is 2. The summed E-state index contributed by atoms with van der Waals surface area (Å²) in [5.74, 6) is 1.42. The van der Waals surface area contributed by atoms with Gasteiger partial charge in [0.1, 0.15) is 23.9 Å². The second-order valence-corrected chi connectivity index (χ2v) is 5.95. The van der Waals surface area contributed by atoms with E-state index in [4.69, 9.17) is 19.9 Å². The normalized spacial score (nSPS) is 10.2. The minimum Gasteiger partial charge on any atom is -0.497 e. The Morgan fingerprint density at radius 3 is 2.32 bits per heavy atom. The monoisotopic (exact) mass is 379 g/mol. The van der Waals surface area contributed by atoms with E-state index in [0.29, 0.717) is 40.8 Å². The number of hydrogen-bond acceptors (Lipinski definition) is 6. The summed E-state index contributed by atoms with van der Waals surface area (Å²) in [6.07, 6.45) is 3.17. The highest BCUT2D eigenvalue weighted by atomic mass is 16.5. The molecule has 1 heterocycles. The zero-order valence-electron chi connectivity index (χ0n) is 15.6. The van der Waals surface area contributed by atoms with Gasteiger partial charge in [0.05, 0.1) is 26.1 Å². The van der Waals surface area contributed by atoms with Gasteiger partial charge in [-0.1, -0.05) is 12.1 Å². The molecule has 7 nitrogen and oxygen atoms in total. The van der Waals surface area contributed by atoms with Crippen LogP contribution in [0.25, 0.3) is 0 Å². The fourth-order valence-electron chi connectivity index (χ4n) is 2.51. The van der Waals surface area contributed by atoms with Crippen LogP contribution in [0.4, 0.5) is 11.4 Å². The molecule has 0 aliphatic rings. The Balaban J connectivity index is 1.64. The summed E-state index contributed by atoms with van der Waals surface area (Å²) in [6.45, 7) is 0.357. The van der Waals surface area contributed by atoms with E-state index >= 15 is 0 Å². The van der Waals surface area contributed by atoms with Crippen LogP contribution in [-0.4, -0.2) is 25.1 Å². The van der Waals surface area contributed by atoms with E-state index in [-0.39, 0.29) is 5.91 Å². The van der Waals surface area contributed by atoms with E-state index in [1.807, 2.05) is 24.3 Å². The molecular formula is C21H21N3O4. The van der Waals surface area contributed by atoms with Crippen molar-refractivity contribution in [1.82, 2.24) is 4.98 Å². The Labute approximate surface area is 163 Å². The first kappa shape index (κ1) is 19.0. The zero-order chi connectivity index (χ0) is 19.9. The number of ether oxygens (including phenoxy) is 3. The predicted octanol–water partition coefficient (Wildman–Crippen LogP) is 3.51. The fourth-order valence-corrected chi connectivity index (χ4v) is 2.51. The van der Waals surface area contributed by atoms with E-state index in [2.05, 4.69) is 10.3 Å². The number of carbonyl (C=O) groups excluding carboxylic acids is 1. The molecule has 0 aliphatic heterocycles. The highest BCUT2D eigenvalue weighted by Crippen LogP contribution is 2.24. The fraction of sp³-hybridized carbons (Fsp3) is 0.143. The van der Waals surface area contributed by atoms with Gasteiger partial charge in [0.15, 0.2) is 0 Å². The van der Waals surface area contributed by atoms with Gasteiger partial charge in [-0.25, -0.2) is 0 Å². The van der Waals surface area contributed by atoms with Gasteiger partial charge in [0, 0.05) is 29.6 Å². The number of aromatic nitrogens is 1. The Kier molecular flexibility index (Phi) is 5.96. The number of nitrogens with zero attached hydrogens (tertiary/aromatic N) is 1. The summed E-state index contributed by atoms with van der Waals surface area (Å²) in [7, 11) is 3.08. The molecule has 1 aromatic heterocycles. The molecule has 7 heteroatoms. The summed E-state index contributed by atoms with van der Waals surface area (Å²) in [6, 6.07) is 14.1. The van der Waals surface area contributed by atoms with Crippen LogP contribution < -0.4 is 25.3 Å². The summed E-state index contributed by atoms with van der Waals surface area (Å²) >= 11 is 0. The maximum absolute atomic E-state index is 12.5. The molecule has 1 amide bonds. The zero-order valence-corrected chi connectivity index (χ0v) is 15.6. The van der Waals surface area contributed by atoms with Gasteiger partial charge in [-0.15, -0.1) is 0 Å². The van der Waals surface area contributed by atoms with Gasteiger partial charge >= 0.3 is 0 Å². The first-order valence-corrected chi connectivity index (χ1v) is 8.54. The molecule has 0 saturated heterocycles. The number of amides is 1. The predicted molar refractivity (Wildman–Crippen MR) is 107 cm³/mol. The SMILES string of the molecule is COc1cc(OC)cc(C(=O)Nc2ccc(COc3ccncc3N)cc2)c1. The molecule has 0 radical (unpaired) electrons. The Hall–Kier alpha value is -3.74. The van der Waals surface area contributed by atoms with Crippen LogP contribution >= 0.6 is 0 Å². The van der Waals surface area contributed by atoms with E-state index in [1.165, 1.54) is 14.2 Å². The molecule has 3 aromatic rings. The molecule has 3 N–H and O–H groups in total. The van der Waals surface area contributed by atoms with Crippen LogP contribution in [0.5, 0.6) is 17.2 Å². The van der Waals surface area contributed by atoms with Crippen molar-refractivity contribution in [1.29, 1.82) is 0 Å². The van der Waals surface area contributed by atoms with Crippen LogP contribution in [0.1, 0.15) is 15.9 Å². The third-order valence-electron chi connectivity index (χ3n) is 4.03. The molecule has 28 heavy (non-hydrogen) atoms. The topological polar surface area (TPSA) is 95.7 Å². The van der Waals surface area contributed by atoms with Crippen LogP contribution in [-0.2, 0) is 6.61 Å². The molecule has 0 fully saturated rings. The van der Waals surface area contributed by atoms with Crippen molar-refractivity contribution in [3.8, 4) is 17.2 Å². The largest absolute Gasteiger partial charge is 0.497 e. The van der Waals surface area contributed by atoms with E-state index in [0.717, 1.165) is 5.56 Å². The molecule has 0 unspecified atom stereocenters. The van der Waals surface area contributed by atoms with Crippen molar-refractivity contribution in [3.05, 3.63) is 72.1 Å². The Morgan fingerprint density at radius 2 is 1.71 bits per heavy atom. The maximum atomic E-state index is 12.5. The van der Waals surface area contributed by atoms with Gasteiger partial charge in [-0.2, -0.15) is 0 Å². The van der Waals surface area contributed by atoms with Crippen molar-refractivity contribution < 1.29 is 19.0 Å². The number of anilines is 2. The molecule has 3 rings (SSSR count). The molecule has 0 aliphatic carbocycles. The first-order chi connectivity index (χ1) is 13.6. The lowest BCUT2D eigenvalue weighted by Gasteiger charge is -2.11. The van der Waals surface area contributed by atoms with E-state index < -0.39 is 0 Å². The number of nitrogen functional groups attached to an aromatic ring is 1. The smallest absolute Gasteiger partial charge is 0.255 e. The van der Waals surface area contributed by atoms with Gasteiger partial charge in [-0.05, 0) is 29.8 Å². The standard InChI is InChI=1S/C21H21N3O4/c1-26-17-9-15(10-18(11-17)27-2)21(25)24-16-5-3-14(4-6-16)13-28-20-7-8-23-12-19(20)22/h3-12H,13,22H2,1-2H3,(H,24,25). The van der Waals surface area contributed by atoms with Gasteiger partial charge in [0.2, 0.25) is 0 Å². The van der Waals surface area contributed by atoms with Crippen LogP contribution in [0.3, 0.4) is 0 Å². The van der Waals surface area contributed by atoms with Crippen LogP contribution in [0.15, 0.2) is 60.9 Å². The average molecular weight is 379 g/mol. The van der Waals surface area contributed by atoms with Crippen molar-refractivity contribution in [2.24, 2.45) is 0 Å². The summed E-state index contributed by atoms with van der Waals surface area (Å²) < 4.78 is 16.1. The minimum absolute atomic E-state index is 0.259. The number of nitrogens with two attached hydrogens (primary N) is 1. The Morgan fingerprint density at radius 1 is 1.04 bits per heavy atom. The van der Waals surface area contributed by atoms with Crippen molar-refractivity contribution >= 4 is 17.3 Å². The molecule has 144 valence electrons. The average Bonchev–Trinajstić information content (AvgIpc) is 2.73. The number of rotatable bonds is 7.